The molecular formula is C13H12BFN4O3. The lowest BCUT2D eigenvalue weighted by atomic mass is 10.2. The van der Waals surface area contributed by atoms with Crippen molar-refractivity contribution < 1.29 is 19.1 Å². The number of aromatic nitrogens is 3. The first-order valence-electron chi connectivity index (χ1n) is 6.41. The quantitative estimate of drug-likeness (QED) is 0.608. The van der Waals surface area contributed by atoms with E-state index in [1.165, 1.54) is 12.5 Å². The number of nitrogens with two attached hydrogens (primary N) is 1. The molecule has 3 aromatic rings. The maximum absolute atomic E-state index is 13.9. The second-order valence-corrected chi connectivity index (χ2v) is 4.65. The predicted octanol–water partition coefficient (Wildman–Crippen LogP) is 0.549. The lowest BCUT2D eigenvalue weighted by Gasteiger charge is -2.07. The number of benzene rings is 1. The molecule has 0 amide bonds. The molecule has 7 nitrogen and oxygen atoms in total. The number of nitrogen functional groups attached to an aromatic ring is 1. The van der Waals surface area contributed by atoms with Gasteiger partial charge < -0.3 is 25.0 Å². The molecule has 0 unspecified atom stereocenters. The second-order valence-electron chi connectivity index (χ2n) is 4.65. The highest BCUT2D eigenvalue weighted by Gasteiger charge is 2.14. The normalized spacial score (nSPS) is 10.9. The standard InChI is InChI=1S/C13H12BFN4O3/c15-10-6-19(13-11(10)12(16)17-7-18-13)5-8-1-3-9(4-2-8)22-14(20)21/h1-4,6-7,20-21H,5H2,(H2,16,17,18). The van der Waals surface area contributed by atoms with Gasteiger partial charge in [-0.25, -0.2) is 14.4 Å². The van der Waals surface area contributed by atoms with Crippen LogP contribution in [0.1, 0.15) is 5.56 Å². The van der Waals surface area contributed by atoms with E-state index in [-0.39, 0.29) is 11.2 Å². The third-order valence-electron chi connectivity index (χ3n) is 3.15. The molecular weight excluding hydrogens is 290 g/mol. The van der Waals surface area contributed by atoms with E-state index in [1.54, 1.807) is 28.8 Å². The molecule has 0 saturated carbocycles. The van der Waals surface area contributed by atoms with Gasteiger partial charge in [0.1, 0.15) is 23.5 Å². The molecule has 9 heteroatoms. The summed E-state index contributed by atoms with van der Waals surface area (Å²) in [4.78, 5) is 7.83. The summed E-state index contributed by atoms with van der Waals surface area (Å²) in [5.41, 5.74) is 6.93. The highest BCUT2D eigenvalue weighted by Crippen LogP contribution is 2.23. The van der Waals surface area contributed by atoms with Crippen LogP contribution in [0.4, 0.5) is 10.2 Å². The maximum atomic E-state index is 13.9. The molecule has 112 valence electrons. The molecule has 0 aliphatic heterocycles. The first-order valence-corrected chi connectivity index (χ1v) is 6.41. The van der Waals surface area contributed by atoms with Crippen molar-refractivity contribution in [2.45, 2.75) is 6.54 Å². The first kappa shape index (κ1) is 14.3. The average Bonchev–Trinajstić information content (AvgIpc) is 2.78. The van der Waals surface area contributed by atoms with Crippen molar-refractivity contribution >= 4 is 24.2 Å². The van der Waals surface area contributed by atoms with Crippen LogP contribution in [-0.4, -0.2) is 31.9 Å². The second kappa shape index (κ2) is 5.62. The molecule has 0 aliphatic rings. The van der Waals surface area contributed by atoms with E-state index in [0.717, 1.165) is 5.56 Å². The van der Waals surface area contributed by atoms with E-state index >= 15 is 0 Å². The molecule has 0 saturated heterocycles. The van der Waals surface area contributed by atoms with Gasteiger partial charge in [0.25, 0.3) is 0 Å². The minimum atomic E-state index is -1.87. The summed E-state index contributed by atoms with van der Waals surface area (Å²) in [5.74, 6) is -0.0627. The van der Waals surface area contributed by atoms with Crippen molar-refractivity contribution in [3.05, 3.63) is 48.2 Å². The summed E-state index contributed by atoms with van der Waals surface area (Å²) >= 11 is 0. The van der Waals surface area contributed by atoms with Gasteiger partial charge in [-0.05, 0) is 17.7 Å². The van der Waals surface area contributed by atoms with Crippen molar-refractivity contribution in [2.75, 3.05) is 5.73 Å². The third-order valence-corrected chi connectivity index (χ3v) is 3.15. The summed E-state index contributed by atoms with van der Waals surface area (Å²) in [6.07, 6.45) is 2.60. The SMILES string of the molecule is Nc1ncnc2c1c(F)cn2Cc1ccc(OB(O)O)cc1. The van der Waals surface area contributed by atoms with E-state index in [4.69, 9.17) is 20.4 Å². The Morgan fingerprint density at radius 2 is 1.95 bits per heavy atom. The van der Waals surface area contributed by atoms with Crippen LogP contribution in [0, 0.1) is 5.82 Å². The van der Waals surface area contributed by atoms with Gasteiger partial charge in [-0.2, -0.15) is 0 Å². The smallest absolute Gasteiger partial charge is 0.512 e. The van der Waals surface area contributed by atoms with Gasteiger partial charge in [0.15, 0.2) is 5.82 Å². The van der Waals surface area contributed by atoms with Gasteiger partial charge in [0, 0.05) is 12.7 Å². The summed E-state index contributed by atoms with van der Waals surface area (Å²) in [5, 5.41) is 17.6. The van der Waals surface area contributed by atoms with Gasteiger partial charge in [0.2, 0.25) is 0 Å². The van der Waals surface area contributed by atoms with E-state index < -0.39 is 13.1 Å². The molecule has 3 rings (SSSR count). The number of hydrogen-bond donors (Lipinski definition) is 3. The van der Waals surface area contributed by atoms with E-state index in [9.17, 15) is 4.39 Å². The molecule has 0 fully saturated rings. The molecule has 2 aromatic heterocycles. The summed E-state index contributed by atoms with van der Waals surface area (Å²) in [7, 11) is -1.87. The number of nitrogens with zero attached hydrogens (tertiary/aromatic N) is 3. The fraction of sp³-hybridized carbons (Fsp3) is 0.0769. The van der Waals surface area contributed by atoms with Crippen LogP contribution in [0.3, 0.4) is 0 Å². The number of rotatable bonds is 4. The lowest BCUT2D eigenvalue weighted by molar-refractivity contribution is 0.288. The lowest BCUT2D eigenvalue weighted by Crippen LogP contribution is -2.20. The van der Waals surface area contributed by atoms with Crippen LogP contribution >= 0.6 is 0 Å². The number of anilines is 1. The highest BCUT2D eigenvalue weighted by atomic mass is 19.1. The zero-order valence-electron chi connectivity index (χ0n) is 11.3. The average molecular weight is 302 g/mol. The molecule has 22 heavy (non-hydrogen) atoms. The molecule has 4 N–H and O–H groups in total. The topological polar surface area (TPSA) is 106 Å². The Morgan fingerprint density at radius 1 is 1.23 bits per heavy atom. The van der Waals surface area contributed by atoms with Crippen LogP contribution in [0.25, 0.3) is 11.0 Å². The molecule has 0 bridgehead atoms. The zero-order chi connectivity index (χ0) is 15.7. The fourth-order valence-corrected chi connectivity index (χ4v) is 2.21. The third kappa shape index (κ3) is 2.71. The summed E-state index contributed by atoms with van der Waals surface area (Å²) in [6.45, 7) is 0.374. The van der Waals surface area contributed by atoms with E-state index in [1.807, 2.05) is 0 Å². The Balaban J connectivity index is 1.89. The van der Waals surface area contributed by atoms with Crippen molar-refractivity contribution in [3.8, 4) is 5.75 Å². The summed E-state index contributed by atoms with van der Waals surface area (Å²) < 4.78 is 20.3. The molecule has 0 atom stereocenters. The minimum absolute atomic E-state index is 0.0990. The van der Waals surface area contributed by atoms with Gasteiger partial charge in [-0.3, -0.25) is 0 Å². The van der Waals surface area contributed by atoms with Crippen molar-refractivity contribution in [2.24, 2.45) is 0 Å². The van der Waals surface area contributed by atoms with E-state index in [2.05, 4.69) is 9.97 Å². The fourth-order valence-electron chi connectivity index (χ4n) is 2.21. The number of fused-ring (bicyclic) bond motifs is 1. The van der Waals surface area contributed by atoms with Gasteiger partial charge >= 0.3 is 7.32 Å². The van der Waals surface area contributed by atoms with Crippen molar-refractivity contribution in [1.29, 1.82) is 0 Å². The highest BCUT2D eigenvalue weighted by molar-refractivity contribution is 6.33. The summed E-state index contributed by atoms with van der Waals surface area (Å²) in [6, 6.07) is 6.62. The Bertz CT molecular complexity index is 807. The van der Waals surface area contributed by atoms with Crippen LogP contribution < -0.4 is 10.4 Å². The Labute approximate surface area is 125 Å². The maximum Gasteiger partial charge on any atom is 0.707 e. The minimum Gasteiger partial charge on any atom is -0.512 e. The zero-order valence-corrected chi connectivity index (χ0v) is 11.3. The van der Waals surface area contributed by atoms with Gasteiger partial charge in [0.05, 0.1) is 5.39 Å². The van der Waals surface area contributed by atoms with Crippen LogP contribution in [0.5, 0.6) is 5.75 Å². The van der Waals surface area contributed by atoms with Crippen molar-refractivity contribution in [1.82, 2.24) is 14.5 Å². The Hall–Kier alpha value is -2.65. The van der Waals surface area contributed by atoms with Crippen LogP contribution in [-0.2, 0) is 6.54 Å². The van der Waals surface area contributed by atoms with Crippen molar-refractivity contribution in [3.63, 3.8) is 0 Å². The van der Waals surface area contributed by atoms with Gasteiger partial charge in [-0.15, -0.1) is 0 Å². The Kier molecular flexibility index (Phi) is 3.65. The number of halogens is 1. The monoisotopic (exact) mass is 302 g/mol. The first-order chi connectivity index (χ1) is 10.5. The molecule has 2 heterocycles. The number of hydrogen-bond acceptors (Lipinski definition) is 6. The molecule has 0 radical (unpaired) electrons. The molecule has 0 spiro atoms. The molecule has 1 aromatic carbocycles. The predicted molar refractivity (Wildman–Crippen MR) is 78.3 cm³/mol. The molecule has 0 aliphatic carbocycles. The van der Waals surface area contributed by atoms with E-state index in [0.29, 0.717) is 17.9 Å². The van der Waals surface area contributed by atoms with Crippen LogP contribution in [0.15, 0.2) is 36.8 Å². The largest absolute Gasteiger partial charge is 0.707 e. The van der Waals surface area contributed by atoms with Gasteiger partial charge in [-0.1, -0.05) is 12.1 Å². The Morgan fingerprint density at radius 3 is 2.64 bits per heavy atom. The van der Waals surface area contributed by atoms with Crippen LogP contribution in [0.2, 0.25) is 0 Å².